The molecule has 1 saturated heterocycles. The number of aliphatic hydroxyl groups is 1. The average Bonchev–Trinajstić information content (AvgIpc) is 2.65. The van der Waals surface area contributed by atoms with Crippen LogP contribution in [-0.4, -0.2) is 34.6 Å². The molecule has 5 heteroatoms. The highest BCUT2D eigenvalue weighted by Gasteiger charge is 2.33. The van der Waals surface area contributed by atoms with Crippen LogP contribution in [0.15, 0.2) is 6.20 Å². The summed E-state index contributed by atoms with van der Waals surface area (Å²) in [4.78, 5) is 7.40. The topological polar surface area (TPSA) is 62.4 Å². The molecule has 96 valence electrons. The van der Waals surface area contributed by atoms with Crippen LogP contribution < -0.4 is 5.73 Å². The summed E-state index contributed by atoms with van der Waals surface area (Å²) < 4.78 is 0. The van der Waals surface area contributed by atoms with Crippen molar-refractivity contribution < 1.29 is 5.11 Å². The summed E-state index contributed by atoms with van der Waals surface area (Å²) in [6.45, 7) is 5.37. The molecule has 1 aromatic rings. The highest BCUT2D eigenvalue weighted by Crippen LogP contribution is 2.36. The van der Waals surface area contributed by atoms with E-state index in [1.165, 1.54) is 17.8 Å². The van der Waals surface area contributed by atoms with Crippen molar-refractivity contribution in [2.75, 3.05) is 25.4 Å². The molecular weight excluding hydrogens is 234 g/mol. The SMILES string of the molecule is CCCN1CCCC(O)(c2cnc(N)s2)CC1. The van der Waals surface area contributed by atoms with Gasteiger partial charge in [0, 0.05) is 12.7 Å². The Kier molecular flexibility index (Phi) is 4.01. The van der Waals surface area contributed by atoms with E-state index in [4.69, 9.17) is 5.73 Å². The van der Waals surface area contributed by atoms with Gasteiger partial charge in [0.2, 0.25) is 0 Å². The lowest BCUT2D eigenvalue weighted by Gasteiger charge is -2.25. The van der Waals surface area contributed by atoms with E-state index in [-0.39, 0.29) is 0 Å². The maximum atomic E-state index is 10.7. The summed E-state index contributed by atoms with van der Waals surface area (Å²) in [5.41, 5.74) is 4.93. The number of rotatable bonds is 3. The first-order valence-electron chi connectivity index (χ1n) is 6.30. The average molecular weight is 255 g/mol. The van der Waals surface area contributed by atoms with Gasteiger partial charge in [-0.1, -0.05) is 18.3 Å². The summed E-state index contributed by atoms with van der Waals surface area (Å²) in [5, 5.41) is 11.3. The van der Waals surface area contributed by atoms with Gasteiger partial charge >= 0.3 is 0 Å². The van der Waals surface area contributed by atoms with Crippen LogP contribution in [-0.2, 0) is 5.60 Å². The first-order valence-corrected chi connectivity index (χ1v) is 7.12. The largest absolute Gasteiger partial charge is 0.384 e. The Bertz CT molecular complexity index is 368. The molecule has 0 bridgehead atoms. The smallest absolute Gasteiger partial charge is 0.180 e. The van der Waals surface area contributed by atoms with Crippen molar-refractivity contribution in [1.29, 1.82) is 0 Å². The van der Waals surface area contributed by atoms with E-state index in [1.54, 1.807) is 6.20 Å². The van der Waals surface area contributed by atoms with Gasteiger partial charge in [0.15, 0.2) is 5.13 Å². The molecule has 0 aliphatic carbocycles. The third-order valence-electron chi connectivity index (χ3n) is 3.43. The fraction of sp³-hybridized carbons (Fsp3) is 0.750. The standard InChI is InChI=1S/C12H21N3OS/c1-2-6-15-7-3-4-12(16,5-8-15)10-9-14-11(13)17-10/h9,16H,2-8H2,1H3,(H2,13,14). The van der Waals surface area contributed by atoms with Crippen LogP contribution in [0.5, 0.6) is 0 Å². The van der Waals surface area contributed by atoms with E-state index in [1.807, 2.05) is 0 Å². The van der Waals surface area contributed by atoms with E-state index in [0.717, 1.165) is 43.8 Å². The zero-order chi connectivity index (χ0) is 12.3. The lowest BCUT2D eigenvalue weighted by molar-refractivity contribution is 0.0247. The molecule has 1 aliphatic rings. The van der Waals surface area contributed by atoms with Gasteiger partial charge < -0.3 is 15.7 Å². The minimum absolute atomic E-state index is 0.545. The first kappa shape index (κ1) is 12.8. The Morgan fingerprint density at radius 3 is 3.00 bits per heavy atom. The van der Waals surface area contributed by atoms with E-state index >= 15 is 0 Å². The van der Waals surface area contributed by atoms with Crippen LogP contribution in [0.4, 0.5) is 5.13 Å². The fourth-order valence-electron chi connectivity index (χ4n) is 2.46. The van der Waals surface area contributed by atoms with Gasteiger partial charge in [0.1, 0.15) is 5.60 Å². The van der Waals surface area contributed by atoms with Gasteiger partial charge in [-0.05, 0) is 38.8 Å². The molecule has 2 rings (SSSR count). The summed E-state index contributed by atoms with van der Waals surface area (Å²) in [5.74, 6) is 0. The van der Waals surface area contributed by atoms with Crippen LogP contribution in [0, 0.1) is 0 Å². The molecule has 0 aromatic carbocycles. The minimum atomic E-state index is -0.711. The molecule has 3 N–H and O–H groups in total. The number of thiazole rings is 1. The molecule has 0 amide bonds. The summed E-state index contributed by atoms with van der Waals surface area (Å²) in [6, 6.07) is 0. The van der Waals surface area contributed by atoms with Crippen molar-refractivity contribution >= 4 is 16.5 Å². The maximum absolute atomic E-state index is 10.7. The second-order valence-electron chi connectivity index (χ2n) is 4.79. The highest BCUT2D eigenvalue weighted by molar-refractivity contribution is 7.15. The minimum Gasteiger partial charge on any atom is -0.384 e. The Balaban J connectivity index is 2.06. The van der Waals surface area contributed by atoms with E-state index < -0.39 is 5.60 Å². The monoisotopic (exact) mass is 255 g/mol. The Morgan fingerprint density at radius 2 is 2.35 bits per heavy atom. The van der Waals surface area contributed by atoms with Gasteiger partial charge in [0.05, 0.1) is 4.88 Å². The summed E-state index contributed by atoms with van der Waals surface area (Å²) in [6.07, 6.45) is 5.54. The van der Waals surface area contributed by atoms with Crippen molar-refractivity contribution in [3.8, 4) is 0 Å². The fourth-order valence-corrected chi connectivity index (χ4v) is 3.29. The molecule has 1 aromatic heterocycles. The van der Waals surface area contributed by atoms with E-state index in [9.17, 15) is 5.11 Å². The first-order chi connectivity index (χ1) is 8.14. The Morgan fingerprint density at radius 1 is 1.53 bits per heavy atom. The second-order valence-corrected chi connectivity index (χ2v) is 5.85. The van der Waals surface area contributed by atoms with Crippen molar-refractivity contribution in [2.24, 2.45) is 0 Å². The van der Waals surface area contributed by atoms with Gasteiger partial charge in [-0.2, -0.15) is 0 Å². The number of aromatic nitrogens is 1. The normalized spacial score (nSPS) is 26.9. The van der Waals surface area contributed by atoms with Gasteiger partial charge in [-0.25, -0.2) is 4.98 Å². The Hall–Kier alpha value is -0.650. The highest BCUT2D eigenvalue weighted by atomic mass is 32.1. The lowest BCUT2D eigenvalue weighted by Crippen LogP contribution is -2.29. The number of nitrogen functional groups attached to an aromatic ring is 1. The van der Waals surface area contributed by atoms with Crippen molar-refractivity contribution in [3.05, 3.63) is 11.1 Å². The third-order valence-corrected chi connectivity index (χ3v) is 4.45. The number of likely N-dealkylation sites (tertiary alicyclic amines) is 1. The molecule has 1 atom stereocenters. The predicted molar refractivity (Wildman–Crippen MR) is 71.0 cm³/mol. The molecule has 4 nitrogen and oxygen atoms in total. The molecule has 1 aliphatic heterocycles. The van der Waals surface area contributed by atoms with Crippen LogP contribution in [0.1, 0.15) is 37.5 Å². The molecule has 0 radical (unpaired) electrons. The van der Waals surface area contributed by atoms with Crippen LogP contribution in [0.2, 0.25) is 0 Å². The molecule has 1 unspecified atom stereocenters. The van der Waals surface area contributed by atoms with Gasteiger partial charge in [-0.15, -0.1) is 0 Å². The van der Waals surface area contributed by atoms with Crippen LogP contribution >= 0.6 is 11.3 Å². The number of nitrogens with zero attached hydrogens (tertiary/aromatic N) is 2. The van der Waals surface area contributed by atoms with Crippen molar-refractivity contribution in [1.82, 2.24) is 9.88 Å². The van der Waals surface area contributed by atoms with Gasteiger partial charge in [-0.3, -0.25) is 0 Å². The number of nitrogens with two attached hydrogens (primary N) is 1. The molecule has 0 spiro atoms. The second kappa shape index (κ2) is 5.33. The van der Waals surface area contributed by atoms with Crippen LogP contribution in [0.3, 0.4) is 0 Å². The summed E-state index contributed by atoms with van der Waals surface area (Å²) in [7, 11) is 0. The van der Waals surface area contributed by atoms with Gasteiger partial charge in [0.25, 0.3) is 0 Å². The lowest BCUT2D eigenvalue weighted by atomic mass is 9.94. The zero-order valence-corrected chi connectivity index (χ0v) is 11.2. The van der Waals surface area contributed by atoms with E-state index in [0.29, 0.717) is 5.13 Å². The number of anilines is 1. The third kappa shape index (κ3) is 2.97. The molecule has 1 fully saturated rings. The molecule has 0 saturated carbocycles. The predicted octanol–water partition coefficient (Wildman–Crippen LogP) is 1.81. The van der Waals surface area contributed by atoms with Crippen molar-refractivity contribution in [2.45, 2.75) is 38.2 Å². The Labute approximate surface area is 106 Å². The maximum Gasteiger partial charge on any atom is 0.180 e. The molecular formula is C12H21N3OS. The number of hydrogen-bond donors (Lipinski definition) is 2. The molecule has 17 heavy (non-hydrogen) atoms. The van der Waals surface area contributed by atoms with Crippen molar-refractivity contribution in [3.63, 3.8) is 0 Å². The van der Waals surface area contributed by atoms with Crippen LogP contribution in [0.25, 0.3) is 0 Å². The van der Waals surface area contributed by atoms with E-state index in [2.05, 4.69) is 16.8 Å². The zero-order valence-electron chi connectivity index (χ0n) is 10.4. The summed E-state index contributed by atoms with van der Waals surface area (Å²) >= 11 is 1.42. The molecule has 2 heterocycles. The quantitative estimate of drug-likeness (QED) is 0.864. The number of hydrogen-bond acceptors (Lipinski definition) is 5.